The summed E-state index contributed by atoms with van der Waals surface area (Å²) in [4.78, 5) is 0. The molecule has 4 nitrogen and oxygen atoms in total. The van der Waals surface area contributed by atoms with E-state index in [0.29, 0.717) is 34.0 Å². The van der Waals surface area contributed by atoms with E-state index in [-0.39, 0.29) is 5.75 Å². The molecule has 0 heterocycles. The first-order chi connectivity index (χ1) is 8.06. The Morgan fingerprint density at radius 1 is 1.47 bits per heavy atom. The van der Waals surface area contributed by atoms with Gasteiger partial charge in [-0.15, -0.1) is 0 Å². The maximum absolute atomic E-state index is 10.7. The third-order valence-electron chi connectivity index (χ3n) is 1.94. The van der Waals surface area contributed by atoms with Gasteiger partial charge in [-0.2, -0.15) is 0 Å². The zero-order valence-corrected chi connectivity index (χ0v) is 12.2. The van der Waals surface area contributed by atoms with Gasteiger partial charge in [0.05, 0.1) is 11.6 Å². The van der Waals surface area contributed by atoms with Gasteiger partial charge in [-0.05, 0) is 22.0 Å². The first-order valence-electron chi connectivity index (χ1n) is 4.70. The van der Waals surface area contributed by atoms with Crippen molar-refractivity contribution in [1.82, 2.24) is 0 Å². The van der Waals surface area contributed by atoms with E-state index < -0.39 is 11.1 Å². The minimum absolute atomic E-state index is 0.130. The van der Waals surface area contributed by atoms with E-state index in [0.717, 1.165) is 0 Å². The lowest BCUT2D eigenvalue weighted by atomic mass is 10.2. The molecule has 0 fully saturated rings. The summed E-state index contributed by atoms with van der Waals surface area (Å²) in [6, 6.07) is 3.35. The molecule has 7 heteroatoms. The zero-order valence-electron chi connectivity index (χ0n) is 9.07. The zero-order chi connectivity index (χ0) is 12.8. The highest BCUT2D eigenvalue weighted by molar-refractivity contribution is 9.10. The van der Waals surface area contributed by atoms with Crippen molar-refractivity contribution in [3.05, 3.63) is 27.2 Å². The van der Waals surface area contributed by atoms with Gasteiger partial charge in [0.25, 0.3) is 0 Å². The van der Waals surface area contributed by atoms with Crippen LogP contribution in [0.15, 0.2) is 16.6 Å². The van der Waals surface area contributed by atoms with Crippen LogP contribution in [0.3, 0.4) is 0 Å². The Kier molecular flexibility index (Phi) is 6.43. The lowest BCUT2D eigenvalue weighted by Gasteiger charge is -2.15. The van der Waals surface area contributed by atoms with Crippen molar-refractivity contribution >= 4 is 38.6 Å². The predicted molar refractivity (Wildman–Crippen MR) is 69.1 cm³/mol. The highest BCUT2D eigenvalue weighted by Gasteiger charge is 2.12. The van der Waals surface area contributed by atoms with Crippen LogP contribution in [0.25, 0.3) is 0 Å². The summed E-state index contributed by atoms with van der Waals surface area (Å²) in [5.74, 6) is 0.247. The first-order valence-corrected chi connectivity index (χ1v) is 7.12. The summed E-state index contributed by atoms with van der Waals surface area (Å²) in [6.07, 6.45) is 0. The van der Waals surface area contributed by atoms with Crippen LogP contribution >= 0.6 is 27.5 Å². The summed E-state index contributed by atoms with van der Waals surface area (Å²) in [6.45, 7) is 0.716. The molecule has 0 aliphatic rings. The molecule has 17 heavy (non-hydrogen) atoms. The maximum atomic E-state index is 10.7. The van der Waals surface area contributed by atoms with Gasteiger partial charge in [-0.25, -0.2) is 0 Å². The fourth-order valence-corrected chi connectivity index (χ4v) is 2.23. The van der Waals surface area contributed by atoms with E-state index in [4.69, 9.17) is 21.1 Å². The highest BCUT2D eigenvalue weighted by Crippen LogP contribution is 2.35. The molecule has 0 bridgehead atoms. The molecule has 0 radical (unpaired) electrons. The summed E-state index contributed by atoms with van der Waals surface area (Å²) in [5, 5.41) is 0.365. The summed E-state index contributed by atoms with van der Waals surface area (Å²) in [5.41, 5.74) is 0.530. The SMILES string of the molecule is COCCOc1c(CS(=O)[O-])ccc(Br)c1Cl. The Bertz CT molecular complexity index is 414. The van der Waals surface area contributed by atoms with E-state index >= 15 is 0 Å². The van der Waals surface area contributed by atoms with Gasteiger partial charge in [0.1, 0.15) is 12.4 Å². The largest absolute Gasteiger partial charge is 0.772 e. The number of ether oxygens (including phenoxy) is 2. The molecule has 0 spiro atoms. The van der Waals surface area contributed by atoms with Gasteiger partial charge >= 0.3 is 0 Å². The summed E-state index contributed by atoms with van der Waals surface area (Å²) < 4.78 is 32.4. The lowest BCUT2D eigenvalue weighted by molar-refractivity contribution is 0.146. The number of hydrogen-bond acceptors (Lipinski definition) is 4. The standard InChI is InChI=1S/C10H12BrClO4S/c1-15-4-5-16-10-7(6-17(13)14)2-3-8(11)9(10)12/h2-3H,4-6H2,1H3,(H,13,14)/p-1. The van der Waals surface area contributed by atoms with E-state index in [1.807, 2.05) is 0 Å². The average Bonchev–Trinajstić information content (AvgIpc) is 2.27. The minimum atomic E-state index is -2.18. The predicted octanol–water partition coefficient (Wildman–Crippen LogP) is 2.51. The molecular formula is C10H11BrClO4S-. The van der Waals surface area contributed by atoms with E-state index in [9.17, 15) is 8.76 Å². The Labute approximate surface area is 116 Å². The number of rotatable bonds is 6. The van der Waals surface area contributed by atoms with Crippen LogP contribution in [0.2, 0.25) is 5.02 Å². The van der Waals surface area contributed by atoms with Crippen LogP contribution in [-0.4, -0.2) is 29.1 Å². The molecule has 0 aliphatic carbocycles. The van der Waals surface area contributed by atoms with Crippen molar-refractivity contribution in [2.75, 3.05) is 20.3 Å². The Morgan fingerprint density at radius 2 is 2.18 bits per heavy atom. The molecule has 1 rings (SSSR count). The second kappa shape index (κ2) is 7.33. The Hall–Kier alpha value is -0.140. The molecule has 1 atom stereocenters. The normalized spacial score (nSPS) is 12.5. The molecule has 1 aromatic rings. The fraction of sp³-hybridized carbons (Fsp3) is 0.400. The summed E-state index contributed by atoms with van der Waals surface area (Å²) in [7, 11) is 1.56. The smallest absolute Gasteiger partial charge is 0.143 e. The first kappa shape index (κ1) is 14.9. The van der Waals surface area contributed by atoms with E-state index in [1.165, 1.54) is 0 Å². The Balaban J connectivity index is 2.95. The van der Waals surface area contributed by atoms with Gasteiger partial charge in [-0.3, -0.25) is 4.21 Å². The van der Waals surface area contributed by atoms with Crippen molar-refractivity contribution in [3.63, 3.8) is 0 Å². The second-order valence-corrected chi connectivity index (χ2v) is 5.27. The monoisotopic (exact) mass is 341 g/mol. The van der Waals surface area contributed by atoms with E-state index in [2.05, 4.69) is 15.9 Å². The highest BCUT2D eigenvalue weighted by atomic mass is 79.9. The Morgan fingerprint density at radius 3 is 2.76 bits per heavy atom. The average molecular weight is 343 g/mol. The number of benzene rings is 1. The molecule has 1 aromatic carbocycles. The topological polar surface area (TPSA) is 58.6 Å². The van der Waals surface area contributed by atoms with Crippen LogP contribution in [0, 0.1) is 0 Å². The number of methoxy groups -OCH3 is 1. The molecule has 0 amide bonds. The molecule has 96 valence electrons. The van der Waals surface area contributed by atoms with Gasteiger partial charge in [0.2, 0.25) is 0 Å². The van der Waals surface area contributed by atoms with Crippen LogP contribution in [-0.2, 0) is 21.6 Å². The minimum Gasteiger partial charge on any atom is -0.772 e. The van der Waals surface area contributed by atoms with Gasteiger partial charge in [0.15, 0.2) is 0 Å². The van der Waals surface area contributed by atoms with Crippen LogP contribution in [0.4, 0.5) is 0 Å². The fourth-order valence-electron chi connectivity index (χ4n) is 1.20. The lowest BCUT2D eigenvalue weighted by Crippen LogP contribution is -2.07. The molecule has 0 saturated carbocycles. The summed E-state index contributed by atoms with van der Waals surface area (Å²) >= 11 is 7.12. The van der Waals surface area contributed by atoms with Crippen molar-refractivity contribution < 1.29 is 18.2 Å². The van der Waals surface area contributed by atoms with Gasteiger partial charge < -0.3 is 14.0 Å². The molecule has 0 N–H and O–H groups in total. The molecule has 0 aromatic heterocycles. The van der Waals surface area contributed by atoms with Crippen LogP contribution in [0.5, 0.6) is 5.75 Å². The van der Waals surface area contributed by atoms with Crippen molar-refractivity contribution in [2.24, 2.45) is 0 Å². The van der Waals surface area contributed by atoms with Crippen molar-refractivity contribution in [2.45, 2.75) is 5.75 Å². The second-order valence-electron chi connectivity index (χ2n) is 3.14. The molecular weight excluding hydrogens is 332 g/mol. The van der Waals surface area contributed by atoms with Crippen LogP contribution in [0.1, 0.15) is 5.56 Å². The number of halogens is 2. The van der Waals surface area contributed by atoms with Gasteiger partial charge in [-0.1, -0.05) is 28.7 Å². The van der Waals surface area contributed by atoms with Gasteiger partial charge in [0, 0.05) is 22.9 Å². The maximum Gasteiger partial charge on any atom is 0.143 e. The molecule has 0 saturated heterocycles. The van der Waals surface area contributed by atoms with Crippen molar-refractivity contribution in [1.29, 1.82) is 0 Å². The van der Waals surface area contributed by atoms with Crippen molar-refractivity contribution in [3.8, 4) is 5.75 Å². The molecule has 0 aliphatic heterocycles. The third kappa shape index (κ3) is 4.56. The van der Waals surface area contributed by atoms with E-state index in [1.54, 1.807) is 19.2 Å². The number of hydrogen-bond donors (Lipinski definition) is 0. The third-order valence-corrected chi connectivity index (χ3v) is 3.75. The quantitative estimate of drug-likeness (QED) is 0.589. The van der Waals surface area contributed by atoms with Crippen LogP contribution < -0.4 is 4.74 Å². The molecule has 1 unspecified atom stereocenters.